The van der Waals surface area contributed by atoms with Crippen LogP contribution in [0, 0.1) is 5.41 Å². The Hall–Kier alpha value is -1.09. The number of nitrogens with zero attached hydrogens (tertiary/aromatic N) is 2. The molecule has 1 aromatic heterocycles. The van der Waals surface area contributed by atoms with Gasteiger partial charge in [0.1, 0.15) is 0 Å². The van der Waals surface area contributed by atoms with Crippen LogP contribution in [0.3, 0.4) is 0 Å². The van der Waals surface area contributed by atoms with E-state index in [1.165, 1.54) is 25.7 Å². The van der Waals surface area contributed by atoms with E-state index in [-0.39, 0.29) is 5.78 Å². The molecule has 0 aliphatic carbocycles. The molecule has 0 spiro atoms. The Bertz CT molecular complexity index is 422. The number of rotatable bonds is 5. The molecule has 1 aromatic rings. The minimum atomic E-state index is 0.244. The third-order valence-corrected chi connectivity index (χ3v) is 5.01. The molecule has 19 heavy (non-hydrogen) atoms. The van der Waals surface area contributed by atoms with Crippen molar-refractivity contribution in [1.82, 2.24) is 9.47 Å². The zero-order valence-electron chi connectivity index (χ0n) is 12.5. The van der Waals surface area contributed by atoms with Crippen LogP contribution in [0.5, 0.6) is 0 Å². The number of Topliss-reactive ketones (excluding diaryl/α,β-unsaturated/α-hetero) is 1. The van der Waals surface area contributed by atoms with Gasteiger partial charge in [0, 0.05) is 13.2 Å². The van der Waals surface area contributed by atoms with Crippen LogP contribution in [0.25, 0.3) is 0 Å². The van der Waals surface area contributed by atoms with Crippen LogP contribution in [-0.2, 0) is 7.05 Å². The van der Waals surface area contributed by atoms with Crippen LogP contribution in [0.1, 0.15) is 50.0 Å². The molecule has 106 valence electrons. The summed E-state index contributed by atoms with van der Waals surface area (Å²) in [6.45, 7) is 7.31. The molecular weight excluding hydrogens is 236 g/mol. The molecule has 2 rings (SSSR count). The van der Waals surface area contributed by atoms with Gasteiger partial charge >= 0.3 is 0 Å². The Morgan fingerprint density at radius 2 is 1.89 bits per heavy atom. The first-order valence-corrected chi connectivity index (χ1v) is 7.47. The fourth-order valence-electron chi connectivity index (χ4n) is 3.18. The van der Waals surface area contributed by atoms with Gasteiger partial charge in [0.05, 0.1) is 12.2 Å². The highest BCUT2D eigenvalue weighted by atomic mass is 16.1. The largest absolute Gasteiger partial charge is 0.348 e. The van der Waals surface area contributed by atoms with Crippen molar-refractivity contribution >= 4 is 5.78 Å². The van der Waals surface area contributed by atoms with E-state index >= 15 is 0 Å². The van der Waals surface area contributed by atoms with Crippen molar-refractivity contribution in [2.45, 2.75) is 39.5 Å². The van der Waals surface area contributed by atoms with Gasteiger partial charge in [-0.05, 0) is 43.5 Å². The highest BCUT2D eigenvalue weighted by Crippen LogP contribution is 2.37. The van der Waals surface area contributed by atoms with Gasteiger partial charge in [-0.1, -0.05) is 26.7 Å². The van der Waals surface area contributed by atoms with E-state index in [0.717, 1.165) is 18.8 Å². The van der Waals surface area contributed by atoms with Crippen LogP contribution in [-0.4, -0.2) is 34.9 Å². The topological polar surface area (TPSA) is 25.2 Å². The Morgan fingerprint density at radius 1 is 1.26 bits per heavy atom. The maximum atomic E-state index is 12.2. The third-order valence-electron chi connectivity index (χ3n) is 5.01. The van der Waals surface area contributed by atoms with Gasteiger partial charge in [-0.3, -0.25) is 9.69 Å². The first-order chi connectivity index (χ1) is 9.10. The number of aromatic nitrogens is 1. The van der Waals surface area contributed by atoms with E-state index in [2.05, 4.69) is 18.7 Å². The van der Waals surface area contributed by atoms with Crippen molar-refractivity contribution in [2.75, 3.05) is 19.6 Å². The molecule has 0 amide bonds. The number of aryl methyl sites for hydroxylation is 1. The standard InChI is InChI=1S/C16H26N2O/c1-4-16(5-2)8-11-18(12-9-16)13-15(19)14-7-6-10-17(14)3/h6-7,10H,4-5,8-9,11-13H2,1-3H3. The van der Waals surface area contributed by atoms with Crippen molar-refractivity contribution in [2.24, 2.45) is 12.5 Å². The minimum Gasteiger partial charge on any atom is -0.348 e. The third kappa shape index (κ3) is 3.08. The van der Waals surface area contributed by atoms with Crippen LogP contribution in [0.4, 0.5) is 0 Å². The number of hydrogen-bond acceptors (Lipinski definition) is 2. The average Bonchev–Trinajstić information content (AvgIpc) is 2.86. The van der Waals surface area contributed by atoms with E-state index < -0.39 is 0 Å². The summed E-state index contributed by atoms with van der Waals surface area (Å²) in [5.41, 5.74) is 1.35. The SMILES string of the molecule is CCC1(CC)CCN(CC(=O)c2cccn2C)CC1. The summed E-state index contributed by atoms with van der Waals surface area (Å²) in [4.78, 5) is 14.6. The average molecular weight is 262 g/mol. The molecular formula is C16H26N2O. The van der Waals surface area contributed by atoms with Crippen LogP contribution in [0.2, 0.25) is 0 Å². The quantitative estimate of drug-likeness (QED) is 0.762. The monoisotopic (exact) mass is 262 g/mol. The number of carbonyl (C=O) groups excluding carboxylic acids is 1. The molecule has 2 heterocycles. The molecule has 0 saturated carbocycles. The second-order valence-corrected chi connectivity index (χ2v) is 5.91. The number of piperidine rings is 1. The summed E-state index contributed by atoms with van der Waals surface area (Å²) in [6.07, 6.45) is 6.94. The highest BCUT2D eigenvalue weighted by molar-refractivity contribution is 5.96. The molecule has 1 aliphatic heterocycles. The van der Waals surface area contributed by atoms with E-state index in [1.54, 1.807) is 0 Å². The maximum absolute atomic E-state index is 12.2. The maximum Gasteiger partial charge on any atom is 0.193 e. The zero-order valence-corrected chi connectivity index (χ0v) is 12.5. The summed E-state index contributed by atoms with van der Waals surface area (Å²) in [5, 5.41) is 0. The molecule has 0 bridgehead atoms. The van der Waals surface area contributed by atoms with Gasteiger partial charge in [-0.25, -0.2) is 0 Å². The van der Waals surface area contributed by atoms with Crippen molar-refractivity contribution in [3.05, 3.63) is 24.0 Å². The number of likely N-dealkylation sites (tertiary alicyclic amines) is 1. The van der Waals surface area contributed by atoms with Crippen molar-refractivity contribution in [3.8, 4) is 0 Å². The predicted molar refractivity (Wildman–Crippen MR) is 78.4 cm³/mol. The fraction of sp³-hybridized carbons (Fsp3) is 0.688. The Balaban J connectivity index is 1.89. The lowest BCUT2D eigenvalue weighted by molar-refractivity contribution is 0.0750. The van der Waals surface area contributed by atoms with E-state index in [9.17, 15) is 4.79 Å². The summed E-state index contributed by atoms with van der Waals surface area (Å²) >= 11 is 0. The molecule has 0 N–H and O–H groups in total. The van der Waals surface area contributed by atoms with Gasteiger partial charge in [0.25, 0.3) is 0 Å². The molecule has 0 radical (unpaired) electrons. The molecule has 0 unspecified atom stereocenters. The Kier molecular flexibility index (Phi) is 4.46. The first kappa shape index (κ1) is 14.3. The van der Waals surface area contributed by atoms with Crippen molar-refractivity contribution < 1.29 is 4.79 Å². The lowest BCUT2D eigenvalue weighted by atomic mass is 9.74. The van der Waals surface area contributed by atoms with E-state index in [1.807, 2.05) is 29.9 Å². The van der Waals surface area contributed by atoms with Crippen LogP contribution in [0.15, 0.2) is 18.3 Å². The first-order valence-electron chi connectivity index (χ1n) is 7.47. The zero-order chi connectivity index (χ0) is 13.9. The van der Waals surface area contributed by atoms with Gasteiger partial charge < -0.3 is 4.57 Å². The van der Waals surface area contributed by atoms with Crippen LogP contribution >= 0.6 is 0 Å². The highest BCUT2D eigenvalue weighted by Gasteiger charge is 2.31. The molecule has 1 aliphatic rings. The second-order valence-electron chi connectivity index (χ2n) is 5.91. The molecule has 0 atom stereocenters. The van der Waals surface area contributed by atoms with Gasteiger partial charge in [0.2, 0.25) is 0 Å². The van der Waals surface area contributed by atoms with E-state index in [4.69, 9.17) is 0 Å². The van der Waals surface area contributed by atoms with Crippen molar-refractivity contribution in [3.63, 3.8) is 0 Å². The Morgan fingerprint density at radius 3 is 2.37 bits per heavy atom. The minimum absolute atomic E-state index is 0.244. The number of carbonyl (C=O) groups is 1. The van der Waals surface area contributed by atoms with Crippen molar-refractivity contribution in [1.29, 1.82) is 0 Å². The van der Waals surface area contributed by atoms with Gasteiger partial charge in [-0.15, -0.1) is 0 Å². The lowest BCUT2D eigenvalue weighted by Crippen LogP contribution is -2.42. The van der Waals surface area contributed by atoms with Crippen LogP contribution < -0.4 is 0 Å². The summed E-state index contributed by atoms with van der Waals surface area (Å²) < 4.78 is 1.91. The summed E-state index contributed by atoms with van der Waals surface area (Å²) in [7, 11) is 1.93. The smallest absolute Gasteiger partial charge is 0.193 e. The molecule has 3 nitrogen and oxygen atoms in total. The molecule has 1 saturated heterocycles. The molecule has 1 fully saturated rings. The molecule has 0 aromatic carbocycles. The van der Waals surface area contributed by atoms with Gasteiger partial charge in [0.15, 0.2) is 5.78 Å². The number of ketones is 1. The lowest BCUT2D eigenvalue weighted by Gasteiger charge is -2.40. The Labute approximate surface area is 116 Å². The summed E-state index contributed by atoms with van der Waals surface area (Å²) in [6, 6.07) is 3.84. The number of hydrogen-bond donors (Lipinski definition) is 0. The van der Waals surface area contributed by atoms with E-state index in [0.29, 0.717) is 12.0 Å². The fourth-order valence-corrected chi connectivity index (χ4v) is 3.18. The summed E-state index contributed by atoms with van der Waals surface area (Å²) in [5.74, 6) is 0.244. The molecule has 3 heteroatoms. The van der Waals surface area contributed by atoms with Gasteiger partial charge in [-0.2, -0.15) is 0 Å². The predicted octanol–water partition coefficient (Wildman–Crippen LogP) is 3.11. The second kappa shape index (κ2) is 5.91. The normalized spacial score (nSPS) is 19.5.